The highest BCUT2D eigenvalue weighted by molar-refractivity contribution is 5.21. The van der Waals surface area contributed by atoms with Crippen molar-refractivity contribution in [1.82, 2.24) is 29.9 Å². The molecule has 0 amide bonds. The number of hydrogen-bond acceptors (Lipinski definition) is 6. The zero-order valence-corrected chi connectivity index (χ0v) is 20.3. The van der Waals surface area contributed by atoms with Crippen LogP contribution in [0.1, 0.15) is 68.4 Å². The fourth-order valence-electron chi connectivity index (χ4n) is 3.02. The average Bonchev–Trinajstić information content (AvgIpc) is 3.57. The van der Waals surface area contributed by atoms with Crippen molar-refractivity contribution in [3.8, 4) is 37.0 Å². The monoisotopic (exact) mass is 475 g/mol. The lowest BCUT2D eigenvalue weighted by atomic mass is 10.1. The summed E-state index contributed by atoms with van der Waals surface area (Å²) in [5.74, 6) is 9.14. The Balaban J connectivity index is 0.000000269. The van der Waals surface area contributed by atoms with E-state index in [1.54, 1.807) is 18.6 Å². The third-order valence-corrected chi connectivity index (χ3v) is 4.77. The molecular weight excluding hydrogens is 438 g/mol. The molecule has 0 spiro atoms. The van der Waals surface area contributed by atoms with E-state index in [1.807, 2.05) is 0 Å². The first-order valence-electron chi connectivity index (χ1n) is 11.7. The van der Waals surface area contributed by atoms with Gasteiger partial charge in [-0.25, -0.2) is 15.0 Å². The molecule has 186 valence electrons. The number of nitrogens with two attached hydrogens (primary N) is 3. The predicted octanol–water partition coefficient (Wildman–Crippen LogP) is 3.62. The van der Waals surface area contributed by atoms with Gasteiger partial charge in [-0.3, -0.25) is 0 Å². The molecule has 0 aliphatic heterocycles. The predicted molar refractivity (Wildman–Crippen MR) is 144 cm³/mol. The Morgan fingerprint density at radius 2 is 0.971 bits per heavy atom. The summed E-state index contributed by atoms with van der Waals surface area (Å²) in [5.41, 5.74) is 19.2. The van der Waals surface area contributed by atoms with Crippen LogP contribution in [-0.4, -0.2) is 29.9 Å². The van der Waals surface area contributed by atoms with Crippen molar-refractivity contribution >= 4 is 17.8 Å². The fraction of sp³-hybridized carbons (Fsp3) is 0.423. The van der Waals surface area contributed by atoms with Gasteiger partial charge in [0.05, 0.1) is 25.0 Å². The van der Waals surface area contributed by atoms with Gasteiger partial charge in [-0.1, -0.05) is 12.8 Å². The number of nitrogens with one attached hydrogen (secondary N) is 3. The van der Waals surface area contributed by atoms with Crippen molar-refractivity contribution in [2.24, 2.45) is 0 Å². The number of unbranched alkanes of at least 4 members (excludes halogenated alkanes) is 6. The van der Waals surface area contributed by atoms with Gasteiger partial charge in [-0.2, -0.15) is 0 Å². The van der Waals surface area contributed by atoms with E-state index < -0.39 is 0 Å². The molecule has 0 atom stereocenters. The number of nitrogens with zero attached hydrogens (tertiary/aromatic N) is 3. The zero-order chi connectivity index (χ0) is 25.7. The Labute approximate surface area is 208 Å². The molecule has 0 unspecified atom stereocenters. The molecular formula is C26H37N9. The van der Waals surface area contributed by atoms with Gasteiger partial charge in [0.25, 0.3) is 0 Å². The summed E-state index contributed by atoms with van der Waals surface area (Å²) < 4.78 is 0. The summed E-state index contributed by atoms with van der Waals surface area (Å²) in [6.07, 6.45) is 31.7. The third-order valence-electron chi connectivity index (χ3n) is 4.77. The molecule has 0 aliphatic carbocycles. The Morgan fingerprint density at radius 1 is 0.571 bits per heavy atom. The Kier molecular flexibility index (Phi) is 14.9. The highest BCUT2D eigenvalue weighted by atomic mass is 15.0. The number of aryl methyl sites for hydroxylation is 2. The van der Waals surface area contributed by atoms with Crippen LogP contribution >= 0.6 is 0 Å². The summed E-state index contributed by atoms with van der Waals surface area (Å²) in [7, 11) is 0. The van der Waals surface area contributed by atoms with Gasteiger partial charge in [-0.05, 0) is 38.5 Å². The van der Waals surface area contributed by atoms with Crippen molar-refractivity contribution < 1.29 is 0 Å². The molecule has 9 N–H and O–H groups in total. The topological polar surface area (TPSA) is 164 Å². The van der Waals surface area contributed by atoms with E-state index in [4.69, 9.17) is 36.5 Å². The van der Waals surface area contributed by atoms with Crippen molar-refractivity contribution in [1.29, 1.82) is 0 Å². The molecule has 0 saturated carbocycles. The molecule has 3 aromatic heterocycles. The SMILES string of the molecule is C#CCCCCCCc1cnc(N)[nH]1.C#CCCCCc1cnc(N)[nH]1.C#CCc1cnc(N)[nH]1. The minimum atomic E-state index is 0.417. The number of terminal acetylenes is 3. The molecule has 9 nitrogen and oxygen atoms in total. The van der Waals surface area contributed by atoms with Crippen LogP contribution in [-0.2, 0) is 19.3 Å². The number of H-pyrrole nitrogens is 3. The summed E-state index contributed by atoms with van der Waals surface area (Å²) in [6, 6.07) is 0. The number of rotatable bonds is 11. The summed E-state index contributed by atoms with van der Waals surface area (Å²) in [6.45, 7) is 0. The standard InChI is InChI=1S/C11H17N3.C9H13N3.C6H7N3/c1-2-3-4-5-6-7-8-10-9-13-11(12)14-10;1-2-3-4-5-6-8-7-11-9(10)12-8;1-2-3-5-4-8-6(7)9-5/h1,9H,3-8H2,(H3,12,13,14);1,7H,3-6H2,(H3,10,11,12);1,4H,3H2,(H3,7,8,9). The van der Waals surface area contributed by atoms with Crippen LogP contribution in [0.15, 0.2) is 18.6 Å². The molecule has 0 aromatic carbocycles. The summed E-state index contributed by atoms with van der Waals surface area (Å²) in [4.78, 5) is 20.4. The first-order valence-corrected chi connectivity index (χ1v) is 11.7. The van der Waals surface area contributed by atoms with E-state index in [9.17, 15) is 0 Å². The molecule has 0 bridgehead atoms. The van der Waals surface area contributed by atoms with Gasteiger partial charge in [0.1, 0.15) is 0 Å². The largest absolute Gasteiger partial charge is 0.369 e. The second-order valence-corrected chi connectivity index (χ2v) is 7.79. The van der Waals surface area contributed by atoms with Crippen molar-refractivity contribution in [2.45, 2.75) is 70.6 Å². The molecule has 0 radical (unpaired) electrons. The molecule has 0 saturated heterocycles. The van der Waals surface area contributed by atoms with E-state index in [0.717, 1.165) is 62.0 Å². The quantitative estimate of drug-likeness (QED) is 0.183. The average molecular weight is 476 g/mol. The second kappa shape index (κ2) is 18.2. The van der Waals surface area contributed by atoms with Gasteiger partial charge in [0, 0.05) is 29.9 Å². The van der Waals surface area contributed by atoms with Crippen LogP contribution in [0.25, 0.3) is 0 Å². The van der Waals surface area contributed by atoms with Crippen LogP contribution in [0.5, 0.6) is 0 Å². The normalized spacial score (nSPS) is 9.51. The molecule has 9 heteroatoms. The number of hydrogen-bond donors (Lipinski definition) is 6. The van der Waals surface area contributed by atoms with E-state index in [2.05, 4.69) is 47.7 Å². The second-order valence-electron chi connectivity index (χ2n) is 7.79. The zero-order valence-electron chi connectivity index (χ0n) is 20.3. The van der Waals surface area contributed by atoms with Gasteiger partial charge < -0.3 is 32.2 Å². The maximum Gasteiger partial charge on any atom is 0.197 e. The van der Waals surface area contributed by atoms with Crippen molar-refractivity contribution in [2.75, 3.05) is 17.2 Å². The molecule has 3 rings (SSSR count). The van der Waals surface area contributed by atoms with E-state index in [-0.39, 0.29) is 0 Å². The minimum Gasteiger partial charge on any atom is -0.369 e. The Hall–Kier alpha value is -4.29. The summed E-state index contributed by atoms with van der Waals surface area (Å²) in [5, 5.41) is 0. The maximum atomic E-state index is 5.46. The van der Waals surface area contributed by atoms with Crippen LogP contribution in [0, 0.1) is 37.0 Å². The fourth-order valence-corrected chi connectivity index (χ4v) is 3.02. The smallest absolute Gasteiger partial charge is 0.197 e. The number of imidazole rings is 3. The van der Waals surface area contributed by atoms with E-state index in [1.165, 1.54) is 19.3 Å². The number of anilines is 3. The van der Waals surface area contributed by atoms with Gasteiger partial charge in [-0.15, -0.1) is 37.0 Å². The van der Waals surface area contributed by atoms with Crippen LogP contribution in [0.4, 0.5) is 17.8 Å². The molecule has 0 fully saturated rings. The highest BCUT2D eigenvalue weighted by Gasteiger charge is 1.97. The number of aromatic nitrogens is 6. The first kappa shape index (κ1) is 28.7. The van der Waals surface area contributed by atoms with E-state index >= 15 is 0 Å². The number of aromatic amines is 3. The van der Waals surface area contributed by atoms with Crippen LogP contribution in [0.3, 0.4) is 0 Å². The van der Waals surface area contributed by atoms with Gasteiger partial charge in [0.2, 0.25) is 0 Å². The maximum absolute atomic E-state index is 5.46. The molecule has 35 heavy (non-hydrogen) atoms. The lowest BCUT2D eigenvalue weighted by Gasteiger charge is -1.97. The van der Waals surface area contributed by atoms with Gasteiger partial charge >= 0.3 is 0 Å². The Bertz CT molecular complexity index is 1070. The molecule has 3 heterocycles. The van der Waals surface area contributed by atoms with Crippen molar-refractivity contribution in [3.05, 3.63) is 35.7 Å². The van der Waals surface area contributed by atoms with Crippen molar-refractivity contribution in [3.63, 3.8) is 0 Å². The highest BCUT2D eigenvalue weighted by Crippen LogP contribution is 2.08. The lowest BCUT2D eigenvalue weighted by Crippen LogP contribution is -1.89. The Morgan fingerprint density at radius 3 is 1.37 bits per heavy atom. The van der Waals surface area contributed by atoms with Crippen LogP contribution < -0.4 is 17.2 Å². The first-order chi connectivity index (χ1) is 17.0. The minimum absolute atomic E-state index is 0.417. The van der Waals surface area contributed by atoms with E-state index in [0.29, 0.717) is 24.3 Å². The number of nitrogen functional groups attached to an aromatic ring is 3. The lowest BCUT2D eigenvalue weighted by molar-refractivity contribution is 0.646. The third kappa shape index (κ3) is 14.5. The van der Waals surface area contributed by atoms with Crippen LogP contribution in [0.2, 0.25) is 0 Å². The molecule has 0 aliphatic rings. The van der Waals surface area contributed by atoms with Gasteiger partial charge in [0.15, 0.2) is 17.8 Å². The molecule has 3 aromatic rings. The summed E-state index contributed by atoms with van der Waals surface area (Å²) >= 11 is 0.